The molecule has 2 aromatic carbocycles. The van der Waals surface area contributed by atoms with Crippen LogP contribution in [-0.2, 0) is 4.79 Å². The van der Waals surface area contributed by atoms with Crippen molar-refractivity contribution in [3.8, 4) is 0 Å². The van der Waals surface area contributed by atoms with Crippen LogP contribution in [0.1, 0.15) is 24.2 Å². The van der Waals surface area contributed by atoms with E-state index in [9.17, 15) is 9.59 Å². The third-order valence-corrected chi connectivity index (χ3v) is 5.67. The summed E-state index contributed by atoms with van der Waals surface area (Å²) in [6.07, 6.45) is 0. The Labute approximate surface area is 185 Å². The van der Waals surface area contributed by atoms with E-state index >= 15 is 0 Å². The molecule has 1 aliphatic heterocycles. The second kappa shape index (κ2) is 9.24. The highest BCUT2D eigenvalue weighted by Gasteiger charge is 2.26. The first-order chi connectivity index (χ1) is 13.8. The van der Waals surface area contributed by atoms with Crippen molar-refractivity contribution in [2.24, 2.45) is 5.92 Å². The maximum Gasteiger partial charge on any atom is 0.257 e. The van der Waals surface area contributed by atoms with Crippen LogP contribution in [0.5, 0.6) is 0 Å². The predicted molar refractivity (Wildman–Crippen MR) is 119 cm³/mol. The van der Waals surface area contributed by atoms with Gasteiger partial charge in [0.2, 0.25) is 5.91 Å². The summed E-state index contributed by atoms with van der Waals surface area (Å²) < 4.78 is 0. The Balaban J connectivity index is 1.80. The van der Waals surface area contributed by atoms with E-state index in [4.69, 9.17) is 34.8 Å². The summed E-state index contributed by atoms with van der Waals surface area (Å²) in [5, 5.41) is 4.18. The molecule has 0 saturated carbocycles. The Morgan fingerprint density at radius 2 is 1.66 bits per heavy atom. The van der Waals surface area contributed by atoms with Gasteiger partial charge in [0.25, 0.3) is 5.91 Å². The summed E-state index contributed by atoms with van der Waals surface area (Å²) in [6.45, 7) is 6.29. The molecular formula is C21H22Cl3N3O2. The van der Waals surface area contributed by atoms with Crippen LogP contribution >= 0.6 is 34.8 Å². The molecule has 0 unspecified atom stereocenters. The second-order valence-electron chi connectivity index (χ2n) is 7.18. The lowest BCUT2D eigenvalue weighted by molar-refractivity contribution is -0.134. The van der Waals surface area contributed by atoms with Gasteiger partial charge in [0, 0.05) is 37.1 Å². The van der Waals surface area contributed by atoms with Crippen LogP contribution < -0.4 is 10.2 Å². The molecule has 1 fully saturated rings. The lowest BCUT2D eigenvalue weighted by Gasteiger charge is -2.38. The van der Waals surface area contributed by atoms with Crippen molar-refractivity contribution in [2.75, 3.05) is 36.4 Å². The van der Waals surface area contributed by atoms with Crippen molar-refractivity contribution in [3.63, 3.8) is 0 Å². The van der Waals surface area contributed by atoms with Crippen LogP contribution in [0.15, 0.2) is 36.4 Å². The van der Waals surface area contributed by atoms with Gasteiger partial charge in [-0.25, -0.2) is 0 Å². The molecule has 154 valence electrons. The van der Waals surface area contributed by atoms with Gasteiger partial charge >= 0.3 is 0 Å². The number of nitrogens with zero attached hydrogens (tertiary/aromatic N) is 2. The largest absolute Gasteiger partial charge is 0.365 e. The van der Waals surface area contributed by atoms with Gasteiger partial charge in [0.15, 0.2) is 0 Å². The molecule has 3 rings (SSSR count). The maximum atomic E-state index is 12.8. The molecule has 0 bridgehead atoms. The van der Waals surface area contributed by atoms with E-state index in [1.807, 2.05) is 18.7 Å². The number of halogens is 3. The van der Waals surface area contributed by atoms with Crippen LogP contribution in [0.3, 0.4) is 0 Å². The van der Waals surface area contributed by atoms with Gasteiger partial charge in [-0.1, -0.05) is 54.7 Å². The van der Waals surface area contributed by atoms with E-state index in [2.05, 4.69) is 10.2 Å². The number of hydrogen-bond acceptors (Lipinski definition) is 3. The van der Waals surface area contributed by atoms with Crippen molar-refractivity contribution in [1.29, 1.82) is 0 Å². The van der Waals surface area contributed by atoms with Gasteiger partial charge in [-0.05, 0) is 30.3 Å². The average Bonchev–Trinajstić information content (AvgIpc) is 2.67. The Hall–Kier alpha value is -1.95. The zero-order valence-electron chi connectivity index (χ0n) is 16.2. The highest BCUT2D eigenvalue weighted by molar-refractivity contribution is 6.37. The van der Waals surface area contributed by atoms with Crippen LogP contribution in [0.25, 0.3) is 0 Å². The summed E-state index contributed by atoms with van der Waals surface area (Å²) in [7, 11) is 0. The summed E-state index contributed by atoms with van der Waals surface area (Å²) in [5.41, 5.74) is 1.66. The SMILES string of the molecule is CC(C)C(=O)N1CCN(c2c(Cl)cccc2NC(=O)c2ccc(Cl)cc2Cl)CC1. The molecule has 0 aliphatic carbocycles. The zero-order valence-corrected chi connectivity index (χ0v) is 18.5. The smallest absolute Gasteiger partial charge is 0.257 e. The van der Waals surface area contributed by atoms with E-state index in [1.54, 1.807) is 30.3 Å². The normalized spacial score (nSPS) is 14.3. The van der Waals surface area contributed by atoms with Gasteiger partial charge in [0.05, 0.1) is 27.0 Å². The highest BCUT2D eigenvalue weighted by atomic mass is 35.5. The minimum Gasteiger partial charge on any atom is -0.365 e. The number of hydrogen-bond donors (Lipinski definition) is 1. The third-order valence-electron chi connectivity index (χ3n) is 4.81. The number of benzene rings is 2. The third kappa shape index (κ3) is 4.97. The fraction of sp³-hybridized carbons (Fsp3) is 0.333. The van der Waals surface area contributed by atoms with Gasteiger partial charge < -0.3 is 15.1 Å². The van der Waals surface area contributed by atoms with Crippen molar-refractivity contribution < 1.29 is 9.59 Å². The minimum absolute atomic E-state index is 0.0270. The molecule has 1 N–H and O–H groups in total. The molecule has 2 amide bonds. The maximum absolute atomic E-state index is 12.8. The fourth-order valence-electron chi connectivity index (χ4n) is 3.32. The monoisotopic (exact) mass is 453 g/mol. The Morgan fingerprint density at radius 1 is 0.966 bits per heavy atom. The van der Waals surface area contributed by atoms with E-state index in [-0.39, 0.29) is 22.8 Å². The quantitative estimate of drug-likeness (QED) is 0.690. The molecule has 0 spiro atoms. The molecule has 1 heterocycles. The number of nitrogens with one attached hydrogen (secondary N) is 1. The predicted octanol–water partition coefficient (Wildman–Crippen LogP) is 5.20. The van der Waals surface area contributed by atoms with E-state index in [0.29, 0.717) is 47.5 Å². The Morgan fingerprint density at radius 3 is 2.28 bits per heavy atom. The first kappa shape index (κ1) is 21.8. The minimum atomic E-state index is -0.344. The lowest BCUT2D eigenvalue weighted by atomic mass is 10.1. The summed E-state index contributed by atoms with van der Waals surface area (Å²) in [5.74, 6) is -0.223. The van der Waals surface area contributed by atoms with Crippen molar-refractivity contribution in [3.05, 3.63) is 57.0 Å². The van der Waals surface area contributed by atoms with Crippen molar-refractivity contribution >= 4 is 58.0 Å². The van der Waals surface area contributed by atoms with E-state index in [0.717, 1.165) is 5.69 Å². The fourth-order valence-corrected chi connectivity index (χ4v) is 4.10. The van der Waals surface area contributed by atoms with Crippen molar-refractivity contribution in [1.82, 2.24) is 4.90 Å². The number of carbonyl (C=O) groups is 2. The average molecular weight is 455 g/mol. The van der Waals surface area contributed by atoms with Gasteiger partial charge in [0.1, 0.15) is 0 Å². The molecule has 1 saturated heterocycles. The number of amides is 2. The summed E-state index contributed by atoms with van der Waals surface area (Å²) >= 11 is 18.6. The first-order valence-corrected chi connectivity index (χ1v) is 10.5. The first-order valence-electron chi connectivity index (χ1n) is 9.36. The molecule has 29 heavy (non-hydrogen) atoms. The van der Waals surface area contributed by atoms with E-state index in [1.165, 1.54) is 6.07 Å². The Kier molecular flexibility index (Phi) is 6.93. The molecule has 0 aromatic heterocycles. The molecule has 0 radical (unpaired) electrons. The van der Waals surface area contributed by atoms with Crippen LogP contribution in [0.4, 0.5) is 11.4 Å². The molecule has 8 heteroatoms. The molecular weight excluding hydrogens is 433 g/mol. The summed E-state index contributed by atoms with van der Waals surface area (Å²) in [4.78, 5) is 28.9. The molecule has 1 aliphatic rings. The van der Waals surface area contributed by atoms with Gasteiger partial charge in [-0.15, -0.1) is 0 Å². The Bertz CT molecular complexity index is 925. The number of rotatable bonds is 4. The lowest BCUT2D eigenvalue weighted by Crippen LogP contribution is -2.50. The number of carbonyl (C=O) groups excluding carboxylic acids is 2. The zero-order chi connectivity index (χ0) is 21.1. The standard InChI is InChI=1S/C21H22Cl3N3O2/c1-13(2)21(29)27-10-8-26(9-11-27)19-16(23)4-3-5-18(19)25-20(28)15-7-6-14(22)12-17(15)24/h3-7,12-13H,8-11H2,1-2H3,(H,25,28). The number of anilines is 2. The molecule has 5 nitrogen and oxygen atoms in total. The second-order valence-corrected chi connectivity index (χ2v) is 8.43. The summed E-state index contributed by atoms with van der Waals surface area (Å²) in [6, 6.07) is 10.1. The number of para-hydroxylation sites is 1. The van der Waals surface area contributed by atoms with Crippen LogP contribution in [0.2, 0.25) is 15.1 Å². The van der Waals surface area contributed by atoms with Gasteiger partial charge in [-0.3, -0.25) is 9.59 Å². The van der Waals surface area contributed by atoms with Gasteiger partial charge in [-0.2, -0.15) is 0 Å². The van der Waals surface area contributed by atoms with Crippen LogP contribution in [0, 0.1) is 5.92 Å². The van der Waals surface area contributed by atoms with E-state index < -0.39 is 0 Å². The van der Waals surface area contributed by atoms with Crippen LogP contribution in [-0.4, -0.2) is 42.9 Å². The number of piperazine rings is 1. The topological polar surface area (TPSA) is 52.7 Å². The highest BCUT2D eigenvalue weighted by Crippen LogP contribution is 2.35. The molecule has 0 atom stereocenters. The van der Waals surface area contributed by atoms with Crippen molar-refractivity contribution in [2.45, 2.75) is 13.8 Å². The molecule has 2 aromatic rings.